The summed E-state index contributed by atoms with van der Waals surface area (Å²) in [5.74, 6) is 0. The van der Waals surface area contributed by atoms with Gasteiger partial charge >= 0.3 is 0 Å². The highest BCUT2D eigenvalue weighted by Crippen LogP contribution is 2.48. The van der Waals surface area contributed by atoms with Gasteiger partial charge in [0.25, 0.3) is 0 Å². The van der Waals surface area contributed by atoms with E-state index in [9.17, 15) is 0 Å². The molecule has 0 saturated heterocycles. The molecule has 0 amide bonds. The molecule has 0 aliphatic heterocycles. The van der Waals surface area contributed by atoms with Gasteiger partial charge in [-0.2, -0.15) is 0 Å². The monoisotopic (exact) mass is 287 g/mol. The van der Waals surface area contributed by atoms with Crippen LogP contribution in [0.3, 0.4) is 0 Å². The molecule has 0 heterocycles. The minimum absolute atomic E-state index is 0.708. The van der Waals surface area contributed by atoms with E-state index >= 15 is 0 Å². The van der Waals surface area contributed by atoms with Crippen molar-refractivity contribution in [1.82, 2.24) is 5.32 Å². The van der Waals surface area contributed by atoms with Crippen molar-refractivity contribution < 1.29 is 4.74 Å². The van der Waals surface area contributed by atoms with E-state index in [1.54, 1.807) is 7.11 Å². The quantitative estimate of drug-likeness (QED) is 0.865. The summed E-state index contributed by atoms with van der Waals surface area (Å²) < 4.78 is 5.21. The molecule has 2 aliphatic rings. The first-order valence-electron chi connectivity index (χ1n) is 8.60. The van der Waals surface area contributed by atoms with Crippen molar-refractivity contribution in [3.05, 3.63) is 35.4 Å². The van der Waals surface area contributed by atoms with E-state index in [0.717, 1.165) is 18.0 Å². The molecule has 116 valence electrons. The second-order valence-corrected chi connectivity index (χ2v) is 7.12. The summed E-state index contributed by atoms with van der Waals surface area (Å²) in [5, 5.41) is 3.77. The van der Waals surface area contributed by atoms with Gasteiger partial charge in [-0.1, -0.05) is 37.1 Å². The molecule has 2 aliphatic carbocycles. The number of hydrogen-bond acceptors (Lipinski definition) is 2. The predicted molar refractivity (Wildman–Crippen MR) is 87.2 cm³/mol. The van der Waals surface area contributed by atoms with E-state index in [1.165, 1.54) is 62.5 Å². The Bertz CT molecular complexity index is 441. The Balaban J connectivity index is 1.46. The standard InChI is InChI=1S/C19H29NO/c1-21-15-17-6-4-5-16(13-17)14-20-18-7-11-19(12-8-18)9-2-3-10-19/h4-6,13,18,20H,2-3,7-12,14-15H2,1H3. The van der Waals surface area contributed by atoms with Gasteiger partial charge in [-0.05, 0) is 55.1 Å². The maximum absolute atomic E-state index is 5.21. The van der Waals surface area contributed by atoms with Gasteiger partial charge in [0, 0.05) is 19.7 Å². The molecule has 2 heteroatoms. The molecule has 0 unspecified atom stereocenters. The van der Waals surface area contributed by atoms with Crippen LogP contribution in [-0.2, 0) is 17.9 Å². The minimum Gasteiger partial charge on any atom is -0.380 e. The average molecular weight is 287 g/mol. The number of rotatable bonds is 5. The van der Waals surface area contributed by atoms with Crippen molar-refractivity contribution in [2.45, 2.75) is 70.6 Å². The lowest BCUT2D eigenvalue weighted by atomic mass is 9.71. The molecule has 2 saturated carbocycles. The van der Waals surface area contributed by atoms with Crippen LogP contribution in [0, 0.1) is 5.41 Å². The van der Waals surface area contributed by atoms with Crippen LogP contribution in [0.1, 0.15) is 62.5 Å². The SMILES string of the molecule is COCc1cccc(CNC2CCC3(CCCC3)CC2)c1. The van der Waals surface area contributed by atoms with E-state index in [-0.39, 0.29) is 0 Å². The summed E-state index contributed by atoms with van der Waals surface area (Å²) in [6.45, 7) is 1.70. The highest BCUT2D eigenvalue weighted by Gasteiger charge is 2.37. The second kappa shape index (κ2) is 6.93. The lowest BCUT2D eigenvalue weighted by molar-refractivity contribution is 0.168. The Morgan fingerprint density at radius 1 is 1.10 bits per heavy atom. The smallest absolute Gasteiger partial charge is 0.0713 e. The molecule has 2 nitrogen and oxygen atoms in total. The van der Waals surface area contributed by atoms with Crippen molar-refractivity contribution in [2.75, 3.05) is 7.11 Å². The van der Waals surface area contributed by atoms with Gasteiger partial charge in [-0.15, -0.1) is 0 Å². The topological polar surface area (TPSA) is 21.3 Å². The number of nitrogens with one attached hydrogen (secondary N) is 1. The first kappa shape index (κ1) is 15.1. The molecule has 1 aromatic rings. The lowest BCUT2D eigenvalue weighted by Gasteiger charge is -2.37. The van der Waals surface area contributed by atoms with Gasteiger partial charge in [0.05, 0.1) is 6.61 Å². The molecule has 1 spiro atoms. The van der Waals surface area contributed by atoms with Crippen LogP contribution < -0.4 is 5.32 Å². The van der Waals surface area contributed by atoms with E-state index in [4.69, 9.17) is 4.74 Å². The van der Waals surface area contributed by atoms with Crippen LogP contribution in [-0.4, -0.2) is 13.2 Å². The van der Waals surface area contributed by atoms with E-state index in [0.29, 0.717) is 6.61 Å². The number of ether oxygens (including phenoxy) is 1. The number of methoxy groups -OCH3 is 1. The Labute approximate surface area is 129 Å². The largest absolute Gasteiger partial charge is 0.380 e. The van der Waals surface area contributed by atoms with Crippen molar-refractivity contribution in [2.24, 2.45) is 5.41 Å². The van der Waals surface area contributed by atoms with Crippen molar-refractivity contribution in [1.29, 1.82) is 0 Å². The fourth-order valence-corrected chi connectivity index (χ4v) is 4.32. The van der Waals surface area contributed by atoms with Crippen LogP contribution in [0.15, 0.2) is 24.3 Å². The molecule has 21 heavy (non-hydrogen) atoms. The molecule has 2 fully saturated rings. The Morgan fingerprint density at radius 2 is 1.81 bits per heavy atom. The van der Waals surface area contributed by atoms with Crippen LogP contribution in [0.2, 0.25) is 0 Å². The van der Waals surface area contributed by atoms with Gasteiger partial charge in [0.15, 0.2) is 0 Å². The average Bonchev–Trinajstić information content (AvgIpc) is 2.96. The number of benzene rings is 1. The predicted octanol–water partition coefficient (Wildman–Crippen LogP) is 4.43. The van der Waals surface area contributed by atoms with Crippen LogP contribution in [0.4, 0.5) is 0 Å². The third-order valence-corrected chi connectivity index (χ3v) is 5.61. The van der Waals surface area contributed by atoms with Gasteiger partial charge in [0.2, 0.25) is 0 Å². The first-order chi connectivity index (χ1) is 10.3. The zero-order valence-electron chi connectivity index (χ0n) is 13.4. The molecule has 0 radical (unpaired) electrons. The fourth-order valence-electron chi connectivity index (χ4n) is 4.32. The molecule has 1 aromatic carbocycles. The minimum atomic E-state index is 0.708. The summed E-state index contributed by atoms with van der Waals surface area (Å²) >= 11 is 0. The summed E-state index contributed by atoms with van der Waals surface area (Å²) in [7, 11) is 1.76. The van der Waals surface area contributed by atoms with E-state index in [2.05, 4.69) is 29.6 Å². The van der Waals surface area contributed by atoms with Crippen LogP contribution in [0.25, 0.3) is 0 Å². The van der Waals surface area contributed by atoms with E-state index in [1.807, 2.05) is 0 Å². The normalized spacial score (nSPS) is 22.0. The molecule has 0 atom stereocenters. The Kier molecular flexibility index (Phi) is 4.97. The molecule has 0 aromatic heterocycles. The third kappa shape index (κ3) is 3.87. The maximum atomic E-state index is 5.21. The lowest BCUT2D eigenvalue weighted by Crippen LogP contribution is -2.36. The Hall–Kier alpha value is -0.860. The number of hydrogen-bond donors (Lipinski definition) is 1. The molecule has 0 bridgehead atoms. The Morgan fingerprint density at radius 3 is 2.52 bits per heavy atom. The second-order valence-electron chi connectivity index (χ2n) is 7.12. The summed E-state index contributed by atoms with van der Waals surface area (Å²) in [6, 6.07) is 9.48. The molecular formula is C19H29NO. The maximum Gasteiger partial charge on any atom is 0.0713 e. The molecular weight excluding hydrogens is 258 g/mol. The zero-order valence-corrected chi connectivity index (χ0v) is 13.4. The highest BCUT2D eigenvalue weighted by molar-refractivity contribution is 5.23. The van der Waals surface area contributed by atoms with Gasteiger partial charge in [-0.3, -0.25) is 0 Å². The van der Waals surface area contributed by atoms with Crippen molar-refractivity contribution in [3.8, 4) is 0 Å². The summed E-state index contributed by atoms with van der Waals surface area (Å²) in [6.07, 6.45) is 11.6. The van der Waals surface area contributed by atoms with E-state index < -0.39 is 0 Å². The fraction of sp³-hybridized carbons (Fsp3) is 0.684. The van der Waals surface area contributed by atoms with Gasteiger partial charge in [-0.25, -0.2) is 0 Å². The highest BCUT2D eigenvalue weighted by atomic mass is 16.5. The molecule has 1 N–H and O–H groups in total. The van der Waals surface area contributed by atoms with Gasteiger partial charge < -0.3 is 10.1 Å². The summed E-state index contributed by atoms with van der Waals surface area (Å²) in [5.41, 5.74) is 3.40. The summed E-state index contributed by atoms with van der Waals surface area (Å²) in [4.78, 5) is 0. The van der Waals surface area contributed by atoms with Gasteiger partial charge in [0.1, 0.15) is 0 Å². The van der Waals surface area contributed by atoms with Crippen molar-refractivity contribution >= 4 is 0 Å². The zero-order chi connectivity index (χ0) is 14.5. The van der Waals surface area contributed by atoms with Crippen LogP contribution >= 0.6 is 0 Å². The van der Waals surface area contributed by atoms with Crippen molar-refractivity contribution in [3.63, 3.8) is 0 Å². The van der Waals surface area contributed by atoms with Crippen LogP contribution in [0.5, 0.6) is 0 Å². The third-order valence-electron chi connectivity index (χ3n) is 5.61. The molecule has 3 rings (SSSR count). The first-order valence-corrected chi connectivity index (χ1v) is 8.60.